The molecule has 84 heavy (non-hydrogen) atoms. The van der Waals surface area contributed by atoms with Gasteiger partial charge in [0.25, 0.3) is 5.91 Å². The van der Waals surface area contributed by atoms with Crippen LogP contribution >= 0.6 is 0 Å². The third-order valence-electron chi connectivity index (χ3n) is 13.7. The predicted molar refractivity (Wildman–Crippen MR) is 308 cm³/mol. The molecule has 0 aliphatic carbocycles. The van der Waals surface area contributed by atoms with Gasteiger partial charge >= 0.3 is 23.9 Å². The van der Waals surface area contributed by atoms with E-state index in [-0.39, 0.29) is 110 Å². The Balaban J connectivity index is 0.0000129. The van der Waals surface area contributed by atoms with Gasteiger partial charge in [0.1, 0.15) is 11.6 Å². The van der Waals surface area contributed by atoms with Crippen molar-refractivity contribution in [1.29, 1.82) is 0 Å². The summed E-state index contributed by atoms with van der Waals surface area (Å²) in [5, 5.41) is 53.6. The Hall–Kier alpha value is -6.56. The van der Waals surface area contributed by atoms with E-state index in [2.05, 4.69) is 60.8 Å². The van der Waals surface area contributed by atoms with Crippen LogP contribution in [0.5, 0.6) is 0 Å². The van der Waals surface area contributed by atoms with Gasteiger partial charge in [-0.15, -0.1) is 0 Å². The molecule has 1 atom stereocenters. The van der Waals surface area contributed by atoms with E-state index >= 15 is 0 Å². The Labute approximate surface area is 512 Å². The second-order valence-electron chi connectivity index (χ2n) is 20.0. The maximum atomic E-state index is 13.4. The number of benzene rings is 3. The molecule has 1 fully saturated rings. The largest absolute Gasteiger partial charge is 0.480 e. The van der Waals surface area contributed by atoms with Crippen molar-refractivity contribution >= 4 is 52.5 Å². The van der Waals surface area contributed by atoms with E-state index in [0.29, 0.717) is 102 Å². The van der Waals surface area contributed by atoms with Crippen molar-refractivity contribution in [3.63, 3.8) is 0 Å². The van der Waals surface area contributed by atoms with Gasteiger partial charge < -0.3 is 65.5 Å². The minimum absolute atomic E-state index is 0. The molecule has 1 aliphatic heterocycles. The summed E-state index contributed by atoms with van der Waals surface area (Å²) in [5.41, 5.74) is 5.04. The molecular weight excluding hydrogens is 1170 g/mol. The molecular formula is C57H78N12O14Y. The van der Waals surface area contributed by atoms with Gasteiger partial charge in [-0.1, -0.05) is 54.6 Å². The molecule has 0 bridgehead atoms. The van der Waals surface area contributed by atoms with Crippen molar-refractivity contribution in [3.05, 3.63) is 118 Å². The zero-order valence-corrected chi connectivity index (χ0v) is 50.3. The van der Waals surface area contributed by atoms with Crippen molar-refractivity contribution in [2.45, 2.75) is 32.1 Å². The fourth-order valence-corrected chi connectivity index (χ4v) is 9.14. The van der Waals surface area contributed by atoms with Crippen LogP contribution in [-0.2, 0) is 97.6 Å². The maximum Gasteiger partial charge on any atom is 0.322 e. The minimum atomic E-state index is -1.14. The molecule has 5 aromatic rings. The number of carbonyl (C=O) groups excluding carboxylic acids is 2. The summed E-state index contributed by atoms with van der Waals surface area (Å²) in [5.74, 6) is -4.50. The van der Waals surface area contributed by atoms with E-state index in [1.54, 1.807) is 50.8 Å². The molecule has 10 N–H and O–H groups in total. The van der Waals surface area contributed by atoms with Crippen LogP contribution in [0.4, 0.5) is 5.95 Å². The number of pyridine rings is 1. The summed E-state index contributed by atoms with van der Waals surface area (Å²) in [6.45, 7) is 6.37. The third-order valence-corrected chi connectivity index (χ3v) is 13.7. The molecule has 3 aromatic carbocycles. The molecule has 0 unspecified atom stereocenters. The van der Waals surface area contributed by atoms with Crippen LogP contribution in [0.1, 0.15) is 33.5 Å². The number of aliphatic carboxylic acids is 4. The standard InChI is InChI=1S/C57H78N12O14.Y/c1-65-36-47(54(77)46-12-7-43(31-49(46)65)34-64-57-60-14-15-61-57)55(78)63-35-48(56(79)80)62-33-42-5-10-45(11-6-42)44-8-3-41(4-9-44)32-58-13-2-25-81-27-29-83-30-28-82-26-16-59-50(70)37-66-17-19-67(38-51(71)72)21-23-69(40-53(75)76)24-22-68(20-18-66)39-52(73)74;/h3-12,14-15,31,36,48,58,62H,2,13,16-30,32-35,37-40H2,1H3,(H,59,70)(H,63,78)(H,71,72)(H,73,74)(H,75,76)(H,79,80)(H2,60,61,64);/t48-;/m0./s1. The van der Waals surface area contributed by atoms with Crippen LogP contribution in [0.2, 0.25) is 0 Å². The first-order valence-electron chi connectivity index (χ1n) is 27.6. The van der Waals surface area contributed by atoms with Gasteiger partial charge in [0, 0.05) is 155 Å². The van der Waals surface area contributed by atoms with E-state index in [1.165, 1.54) is 6.20 Å². The molecule has 1 radical (unpaired) electrons. The molecule has 6 rings (SSSR count). The number of fused-ring (bicyclic) bond motifs is 1. The third kappa shape index (κ3) is 24.6. The van der Waals surface area contributed by atoms with Gasteiger partial charge in [0.2, 0.25) is 11.3 Å². The van der Waals surface area contributed by atoms with E-state index in [0.717, 1.165) is 40.8 Å². The first-order chi connectivity index (χ1) is 40.1. The number of nitrogens with one attached hydrogen (secondary N) is 6. The summed E-state index contributed by atoms with van der Waals surface area (Å²) in [4.78, 5) is 100. The van der Waals surface area contributed by atoms with Gasteiger partial charge in [-0.3, -0.25) is 58.5 Å². The Bertz CT molecular complexity index is 2890. The predicted octanol–water partition coefficient (Wildman–Crippen LogP) is 0.632. The number of amides is 2. The fourth-order valence-electron chi connectivity index (χ4n) is 9.14. The molecule has 2 amide bonds. The Morgan fingerprint density at radius 3 is 1.65 bits per heavy atom. The Morgan fingerprint density at radius 2 is 1.13 bits per heavy atom. The van der Waals surface area contributed by atoms with Gasteiger partial charge in [0.05, 0.1) is 64.7 Å². The number of anilines is 1. The quantitative estimate of drug-likeness (QED) is 0.0253. The molecule has 1 aliphatic rings. The number of aromatic amines is 1. The molecule has 0 spiro atoms. The van der Waals surface area contributed by atoms with Crippen LogP contribution in [0, 0.1) is 0 Å². The van der Waals surface area contributed by atoms with Gasteiger partial charge in [-0.05, 0) is 52.9 Å². The Morgan fingerprint density at radius 1 is 0.619 bits per heavy atom. The number of aryl methyl sites for hydroxylation is 1. The monoisotopic (exact) mass is 1240 g/mol. The number of rotatable bonds is 34. The van der Waals surface area contributed by atoms with Crippen molar-refractivity contribution in [2.75, 3.05) is 143 Å². The first-order valence-corrected chi connectivity index (χ1v) is 27.6. The number of carboxylic acid groups (broad SMARTS) is 4. The molecule has 26 nitrogen and oxygen atoms in total. The molecule has 3 heterocycles. The number of carbonyl (C=O) groups is 6. The van der Waals surface area contributed by atoms with Crippen LogP contribution < -0.4 is 32.0 Å². The number of imidazole rings is 1. The van der Waals surface area contributed by atoms with Crippen molar-refractivity contribution in [2.24, 2.45) is 7.05 Å². The number of hydrogen-bond acceptors (Lipinski definition) is 18. The zero-order chi connectivity index (χ0) is 59.3. The molecule has 27 heteroatoms. The average Bonchev–Trinajstić information content (AvgIpc) is 2.68. The summed E-state index contributed by atoms with van der Waals surface area (Å²) >= 11 is 0. The second-order valence-corrected chi connectivity index (χ2v) is 20.0. The summed E-state index contributed by atoms with van der Waals surface area (Å²) in [6.07, 6.45) is 5.63. The normalized spacial score (nSPS) is 14.4. The second kappa shape index (κ2) is 37.0. The minimum Gasteiger partial charge on any atom is -0.480 e. The van der Waals surface area contributed by atoms with Crippen molar-refractivity contribution < 1.29 is 96.1 Å². The summed E-state index contributed by atoms with van der Waals surface area (Å²) in [7, 11) is 1.74. The van der Waals surface area contributed by atoms with Crippen molar-refractivity contribution in [1.82, 2.24) is 55.4 Å². The number of hydrogen-bond donors (Lipinski definition) is 10. The fraction of sp³-hybridized carbons (Fsp3) is 0.474. The zero-order valence-electron chi connectivity index (χ0n) is 47.5. The molecule has 2 aromatic heterocycles. The van der Waals surface area contributed by atoms with Crippen LogP contribution in [0.25, 0.3) is 22.0 Å². The average molecular weight is 1240 g/mol. The number of ether oxygens (including phenoxy) is 3. The summed E-state index contributed by atoms with van der Waals surface area (Å²) in [6, 6.07) is 20.3. The topological polar surface area (TPSA) is 335 Å². The van der Waals surface area contributed by atoms with Crippen LogP contribution in [-0.4, -0.2) is 234 Å². The maximum absolute atomic E-state index is 13.4. The van der Waals surface area contributed by atoms with Crippen LogP contribution in [0.15, 0.2) is 90.1 Å². The molecule has 453 valence electrons. The number of aromatic nitrogens is 3. The molecule has 0 saturated carbocycles. The van der Waals surface area contributed by atoms with E-state index in [1.807, 2.05) is 35.2 Å². The first kappa shape index (κ1) is 68.2. The number of carboxylic acids is 4. The van der Waals surface area contributed by atoms with Gasteiger partial charge in [0.15, 0.2) is 5.95 Å². The van der Waals surface area contributed by atoms with Gasteiger partial charge in [-0.2, -0.15) is 0 Å². The van der Waals surface area contributed by atoms with E-state index < -0.39 is 41.3 Å². The Kier molecular flexibility index (Phi) is 30.1. The number of H-pyrrole nitrogens is 1. The van der Waals surface area contributed by atoms with E-state index in [4.69, 9.17) is 14.2 Å². The number of nitrogens with zero attached hydrogens (tertiary/aromatic N) is 6. The van der Waals surface area contributed by atoms with Crippen molar-refractivity contribution in [3.8, 4) is 11.1 Å². The van der Waals surface area contributed by atoms with Gasteiger partial charge in [-0.25, -0.2) is 4.98 Å². The summed E-state index contributed by atoms with van der Waals surface area (Å²) < 4.78 is 18.6. The van der Waals surface area contributed by atoms with Crippen LogP contribution in [0.3, 0.4) is 0 Å². The smallest absolute Gasteiger partial charge is 0.322 e. The SMILES string of the molecule is Cn1cc(C(=O)NC[C@H](NCc2ccc(-c3ccc(CNCCCOCCOCCOCCNC(=O)CN4CCN(CC(=O)O)CCN(CC(=O)O)CCN(CC(=O)O)CC4)cc3)cc2)C(=O)O)c(=O)c2ccc(CNc3ncc[nH]3)cc21.[Y]. The van der Waals surface area contributed by atoms with E-state index in [9.17, 15) is 54.0 Å². The molecule has 1 saturated heterocycles.